The van der Waals surface area contributed by atoms with Gasteiger partial charge in [0.1, 0.15) is 12.4 Å². The highest BCUT2D eigenvalue weighted by atomic mass is 127. The monoisotopic (exact) mass is 319 g/mol. The molecular formula is C10H14IN3O. The molecule has 2 unspecified atom stereocenters. The summed E-state index contributed by atoms with van der Waals surface area (Å²) < 4.78 is 6.77. The van der Waals surface area contributed by atoms with Gasteiger partial charge in [0.05, 0.1) is 3.57 Å². The smallest absolute Gasteiger partial charge is 0.230 e. The minimum atomic E-state index is 0.220. The van der Waals surface area contributed by atoms with E-state index in [-0.39, 0.29) is 12.1 Å². The molecule has 2 N–H and O–H groups in total. The first-order valence-electron chi connectivity index (χ1n) is 5.13. The van der Waals surface area contributed by atoms with Crippen LogP contribution < -0.4 is 10.5 Å². The van der Waals surface area contributed by atoms with Crippen molar-refractivity contribution in [2.75, 3.05) is 0 Å². The fourth-order valence-corrected chi connectivity index (χ4v) is 2.26. The average molecular weight is 319 g/mol. The van der Waals surface area contributed by atoms with E-state index in [0.717, 1.165) is 29.3 Å². The van der Waals surface area contributed by atoms with Crippen molar-refractivity contribution in [2.45, 2.75) is 37.8 Å². The standard InChI is InChI=1S/C10H14IN3O/c11-9-5-13-6-14-10(9)15-8-3-1-2-7(12)4-8/h5-8H,1-4,12H2. The zero-order valence-corrected chi connectivity index (χ0v) is 10.6. The van der Waals surface area contributed by atoms with Gasteiger partial charge in [-0.25, -0.2) is 9.97 Å². The topological polar surface area (TPSA) is 61.0 Å². The first-order valence-corrected chi connectivity index (χ1v) is 6.21. The lowest BCUT2D eigenvalue weighted by Gasteiger charge is -2.26. The fourth-order valence-electron chi connectivity index (χ4n) is 1.83. The molecule has 1 aromatic rings. The van der Waals surface area contributed by atoms with Gasteiger partial charge < -0.3 is 10.5 Å². The van der Waals surface area contributed by atoms with E-state index in [1.807, 2.05) is 0 Å². The molecule has 82 valence electrons. The van der Waals surface area contributed by atoms with Crippen LogP contribution in [-0.4, -0.2) is 22.1 Å². The van der Waals surface area contributed by atoms with Gasteiger partial charge >= 0.3 is 0 Å². The van der Waals surface area contributed by atoms with Crippen LogP contribution in [0.5, 0.6) is 5.88 Å². The Morgan fingerprint density at radius 2 is 2.33 bits per heavy atom. The molecule has 15 heavy (non-hydrogen) atoms. The van der Waals surface area contributed by atoms with Crippen LogP contribution in [0.25, 0.3) is 0 Å². The molecule has 1 aliphatic carbocycles. The molecule has 0 aliphatic heterocycles. The highest BCUT2D eigenvalue weighted by Gasteiger charge is 2.21. The summed E-state index contributed by atoms with van der Waals surface area (Å²) in [6, 6.07) is 0.281. The molecule has 0 saturated heterocycles. The molecule has 5 heteroatoms. The van der Waals surface area contributed by atoms with E-state index in [1.54, 1.807) is 6.20 Å². The van der Waals surface area contributed by atoms with Crippen molar-refractivity contribution in [2.24, 2.45) is 5.73 Å². The quantitative estimate of drug-likeness (QED) is 0.844. The molecule has 0 aromatic carbocycles. The zero-order chi connectivity index (χ0) is 10.7. The molecule has 0 spiro atoms. The van der Waals surface area contributed by atoms with Crippen molar-refractivity contribution >= 4 is 22.6 Å². The zero-order valence-electron chi connectivity index (χ0n) is 8.40. The van der Waals surface area contributed by atoms with E-state index in [9.17, 15) is 0 Å². The van der Waals surface area contributed by atoms with Crippen LogP contribution in [0.3, 0.4) is 0 Å². The Balaban J connectivity index is 1.99. The van der Waals surface area contributed by atoms with E-state index >= 15 is 0 Å². The van der Waals surface area contributed by atoms with Gasteiger partial charge in [-0.05, 0) is 48.3 Å². The van der Waals surface area contributed by atoms with Gasteiger partial charge in [-0.2, -0.15) is 0 Å². The molecule has 4 nitrogen and oxygen atoms in total. The summed E-state index contributed by atoms with van der Waals surface area (Å²) in [5, 5.41) is 0. The maximum atomic E-state index is 5.90. The molecule has 0 amide bonds. The van der Waals surface area contributed by atoms with Gasteiger partial charge in [0.25, 0.3) is 0 Å². The van der Waals surface area contributed by atoms with Gasteiger partial charge in [-0.15, -0.1) is 0 Å². The van der Waals surface area contributed by atoms with Crippen molar-refractivity contribution in [1.82, 2.24) is 9.97 Å². The molecule has 0 bridgehead atoms. The Kier molecular flexibility index (Phi) is 3.74. The Morgan fingerprint density at radius 1 is 1.47 bits per heavy atom. The first kappa shape index (κ1) is 11.1. The van der Waals surface area contributed by atoms with Gasteiger partial charge in [-0.3, -0.25) is 0 Å². The van der Waals surface area contributed by atoms with Crippen molar-refractivity contribution in [3.05, 3.63) is 16.1 Å². The van der Waals surface area contributed by atoms with E-state index in [2.05, 4.69) is 32.6 Å². The van der Waals surface area contributed by atoms with Crippen LogP contribution in [-0.2, 0) is 0 Å². The lowest BCUT2D eigenvalue weighted by atomic mass is 9.94. The predicted octanol–water partition coefficient (Wildman–Crippen LogP) is 1.73. The first-order chi connectivity index (χ1) is 7.25. The lowest BCUT2D eigenvalue weighted by Crippen LogP contribution is -2.34. The fraction of sp³-hybridized carbons (Fsp3) is 0.600. The third-order valence-electron chi connectivity index (χ3n) is 2.58. The summed E-state index contributed by atoms with van der Waals surface area (Å²) in [7, 11) is 0. The van der Waals surface area contributed by atoms with Gasteiger partial charge in [-0.1, -0.05) is 0 Å². The second kappa shape index (κ2) is 5.07. The van der Waals surface area contributed by atoms with Gasteiger partial charge in [0.2, 0.25) is 5.88 Å². The number of hydrogen-bond donors (Lipinski definition) is 1. The summed E-state index contributed by atoms with van der Waals surface area (Å²) in [6.45, 7) is 0. The minimum absolute atomic E-state index is 0.220. The van der Waals surface area contributed by atoms with Crippen LogP contribution in [0.1, 0.15) is 25.7 Å². The molecule has 0 radical (unpaired) electrons. The molecule has 2 atom stereocenters. The number of aromatic nitrogens is 2. The maximum absolute atomic E-state index is 5.90. The second-order valence-electron chi connectivity index (χ2n) is 3.84. The summed E-state index contributed by atoms with van der Waals surface area (Å²) in [4.78, 5) is 8.05. The van der Waals surface area contributed by atoms with Crippen LogP contribution in [0.2, 0.25) is 0 Å². The Labute approximate surface area is 103 Å². The predicted molar refractivity (Wildman–Crippen MR) is 65.6 cm³/mol. The minimum Gasteiger partial charge on any atom is -0.473 e. The molecule has 1 saturated carbocycles. The van der Waals surface area contributed by atoms with Gasteiger partial charge in [0.15, 0.2) is 0 Å². The number of rotatable bonds is 2. The number of nitrogens with zero attached hydrogens (tertiary/aromatic N) is 2. The normalized spacial score (nSPS) is 26.3. The maximum Gasteiger partial charge on any atom is 0.230 e. The third kappa shape index (κ3) is 3.01. The van der Waals surface area contributed by atoms with Crippen molar-refractivity contribution in [1.29, 1.82) is 0 Å². The number of nitrogens with two attached hydrogens (primary N) is 1. The van der Waals surface area contributed by atoms with Crippen molar-refractivity contribution in [3.63, 3.8) is 0 Å². The molecular weight excluding hydrogens is 305 g/mol. The largest absolute Gasteiger partial charge is 0.473 e. The van der Waals surface area contributed by atoms with Crippen LogP contribution in [0.15, 0.2) is 12.5 Å². The second-order valence-corrected chi connectivity index (χ2v) is 5.00. The lowest BCUT2D eigenvalue weighted by molar-refractivity contribution is 0.137. The number of hydrogen-bond acceptors (Lipinski definition) is 4. The Hall–Kier alpha value is -0.430. The molecule has 1 heterocycles. The van der Waals surface area contributed by atoms with Crippen molar-refractivity contribution < 1.29 is 4.74 Å². The average Bonchev–Trinajstić information content (AvgIpc) is 2.22. The Bertz CT molecular complexity index is 334. The summed E-state index contributed by atoms with van der Waals surface area (Å²) in [5.74, 6) is 0.685. The molecule has 2 rings (SSSR count). The van der Waals surface area contributed by atoms with Crippen molar-refractivity contribution in [3.8, 4) is 5.88 Å². The molecule has 1 fully saturated rings. The number of ether oxygens (including phenoxy) is 1. The van der Waals surface area contributed by atoms with Crippen LogP contribution in [0, 0.1) is 3.57 Å². The third-order valence-corrected chi connectivity index (χ3v) is 3.32. The van der Waals surface area contributed by atoms with Crippen LogP contribution >= 0.6 is 22.6 Å². The van der Waals surface area contributed by atoms with Crippen LogP contribution in [0.4, 0.5) is 0 Å². The molecule has 1 aliphatic rings. The van der Waals surface area contributed by atoms with Gasteiger partial charge in [0, 0.05) is 12.2 Å². The highest BCUT2D eigenvalue weighted by Crippen LogP contribution is 2.24. The highest BCUT2D eigenvalue weighted by molar-refractivity contribution is 14.1. The van der Waals surface area contributed by atoms with E-state index in [0.29, 0.717) is 5.88 Å². The van der Waals surface area contributed by atoms with E-state index in [1.165, 1.54) is 6.33 Å². The summed E-state index contributed by atoms with van der Waals surface area (Å²) in [6.07, 6.45) is 7.76. The van der Waals surface area contributed by atoms with E-state index in [4.69, 9.17) is 10.5 Å². The SMILES string of the molecule is NC1CCCC(Oc2ncncc2I)C1. The van der Waals surface area contributed by atoms with E-state index < -0.39 is 0 Å². The number of halogens is 1. The Morgan fingerprint density at radius 3 is 3.07 bits per heavy atom. The molecule has 1 aromatic heterocycles. The summed E-state index contributed by atoms with van der Waals surface area (Å²) in [5.41, 5.74) is 5.90. The summed E-state index contributed by atoms with van der Waals surface area (Å²) >= 11 is 2.18.